The van der Waals surface area contributed by atoms with Crippen molar-refractivity contribution in [1.29, 1.82) is 0 Å². The Bertz CT molecular complexity index is 794. The monoisotopic (exact) mass is 357 g/mol. The first-order chi connectivity index (χ1) is 12.4. The fourth-order valence-corrected chi connectivity index (χ4v) is 3.02. The average Bonchev–Trinajstić information content (AvgIpc) is 3.00. The molecule has 0 saturated carbocycles. The molecule has 2 unspecified atom stereocenters. The lowest BCUT2D eigenvalue weighted by atomic mass is 10.2. The maximum Gasteiger partial charge on any atom is 0.255 e. The van der Waals surface area contributed by atoms with Crippen LogP contribution in [-0.2, 0) is 16.1 Å². The van der Waals surface area contributed by atoms with Crippen molar-refractivity contribution in [3.05, 3.63) is 42.0 Å². The maximum atomic E-state index is 12.5. The molecule has 0 radical (unpaired) electrons. The third-order valence-electron chi connectivity index (χ3n) is 4.12. The van der Waals surface area contributed by atoms with Gasteiger partial charge in [0.2, 0.25) is 5.91 Å². The molecule has 1 saturated heterocycles. The van der Waals surface area contributed by atoms with Crippen LogP contribution < -0.4 is 5.32 Å². The second kappa shape index (κ2) is 7.65. The van der Waals surface area contributed by atoms with E-state index in [1.807, 2.05) is 20.8 Å². The van der Waals surface area contributed by atoms with Gasteiger partial charge in [0.1, 0.15) is 6.54 Å². The lowest BCUT2D eigenvalue weighted by Gasteiger charge is -2.35. The molecule has 0 bridgehead atoms. The number of hydrogen-bond donors (Lipinski definition) is 1. The Balaban J connectivity index is 1.59. The van der Waals surface area contributed by atoms with Gasteiger partial charge in [-0.1, -0.05) is 0 Å². The molecule has 0 spiro atoms. The highest BCUT2D eigenvalue weighted by molar-refractivity contribution is 6.04. The number of rotatable bonds is 4. The second-order valence-corrected chi connectivity index (χ2v) is 6.62. The molecule has 8 heteroatoms. The average molecular weight is 357 g/mol. The zero-order chi connectivity index (χ0) is 18.7. The van der Waals surface area contributed by atoms with Gasteiger partial charge in [-0.2, -0.15) is 5.10 Å². The van der Waals surface area contributed by atoms with E-state index in [2.05, 4.69) is 15.4 Å². The summed E-state index contributed by atoms with van der Waals surface area (Å²) in [6.07, 6.45) is 4.83. The highest BCUT2D eigenvalue weighted by atomic mass is 16.5. The van der Waals surface area contributed by atoms with E-state index in [9.17, 15) is 9.59 Å². The van der Waals surface area contributed by atoms with Gasteiger partial charge < -0.3 is 15.0 Å². The molecule has 138 valence electrons. The highest BCUT2D eigenvalue weighted by Gasteiger charge is 2.26. The molecule has 8 nitrogen and oxygen atoms in total. The zero-order valence-corrected chi connectivity index (χ0v) is 15.2. The van der Waals surface area contributed by atoms with Crippen molar-refractivity contribution in [2.45, 2.75) is 39.5 Å². The summed E-state index contributed by atoms with van der Waals surface area (Å²) in [5, 5.41) is 6.94. The van der Waals surface area contributed by atoms with Crippen LogP contribution in [-0.4, -0.2) is 56.8 Å². The third kappa shape index (κ3) is 4.45. The predicted molar refractivity (Wildman–Crippen MR) is 95.7 cm³/mol. The Morgan fingerprint density at radius 1 is 1.31 bits per heavy atom. The van der Waals surface area contributed by atoms with Gasteiger partial charge in [-0.25, -0.2) is 0 Å². The number of carbonyl (C=O) groups is 2. The Morgan fingerprint density at radius 3 is 2.73 bits per heavy atom. The van der Waals surface area contributed by atoms with Crippen molar-refractivity contribution in [3.63, 3.8) is 0 Å². The normalized spacial score (nSPS) is 20.0. The van der Waals surface area contributed by atoms with Crippen molar-refractivity contribution in [3.8, 4) is 0 Å². The summed E-state index contributed by atoms with van der Waals surface area (Å²) in [7, 11) is 0. The van der Waals surface area contributed by atoms with Crippen LogP contribution in [0.5, 0.6) is 0 Å². The minimum absolute atomic E-state index is 0.0160. The smallest absolute Gasteiger partial charge is 0.255 e. The van der Waals surface area contributed by atoms with Crippen molar-refractivity contribution < 1.29 is 14.3 Å². The molecule has 2 aromatic rings. The first-order valence-corrected chi connectivity index (χ1v) is 8.60. The lowest BCUT2D eigenvalue weighted by Crippen LogP contribution is -2.49. The van der Waals surface area contributed by atoms with Crippen molar-refractivity contribution in [2.24, 2.45) is 0 Å². The molecule has 2 atom stereocenters. The number of carbonyl (C=O) groups excluding carboxylic acids is 2. The topological polar surface area (TPSA) is 89.4 Å². The minimum Gasteiger partial charge on any atom is -0.372 e. The van der Waals surface area contributed by atoms with Gasteiger partial charge in [0, 0.05) is 36.7 Å². The molecule has 1 aliphatic rings. The first-order valence-electron chi connectivity index (χ1n) is 8.60. The van der Waals surface area contributed by atoms with Gasteiger partial charge >= 0.3 is 0 Å². The largest absolute Gasteiger partial charge is 0.372 e. The van der Waals surface area contributed by atoms with E-state index < -0.39 is 0 Å². The molecular weight excluding hydrogens is 334 g/mol. The van der Waals surface area contributed by atoms with Gasteiger partial charge in [0.05, 0.1) is 24.1 Å². The zero-order valence-electron chi connectivity index (χ0n) is 15.2. The molecule has 2 amide bonds. The number of amides is 2. The summed E-state index contributed by atoms with van der Waals surface area (Å²) in [6.45, 7) is 7.03. The Kier molecular flexibility index (Phi) is 5.32. The molecular formula is C18H23N5O3. The molecule has 1 N–H and O–H groups in total. The Labute approximate surface area is 152 Å². The van der Waals surface area contributed by atoms with Crippen LogP contribution in [0.25, 0.3) is 0 Å². The van der Waals surface area contributed by atoms with Gasteiger partial charge in [-0.05, 0) is 32.9 Å². The molecule has 26 heavy (non-hydrogen) atoms. The first kappa shape index (κ1) is 18.1. The van der Waals surface area contributed by atoms with Crippen LogP contribution in [0.2, 0.25) is 0 Å². The number of morpholine rings is 1. The van der Waals surface area contributed by atoms with Crippen molar-refractivity contribution in [1.82, 2.24) is 19.7 Å². The summed E-state index contributed by atoms with van der Waals surface area (Å²) in [6, 6.07) is 3.36. The second-order valence-electron chi connectivity index (χ2n) is 6.62. The summed E-state index contributed by atoms with van der Waals surface area (Å²) in [5.74, 6) is -0.255. The molecule has 1 aliphatic heterocycles. The number of ether oxygens (including phenoxy) is 1. The quantitative estimate of drug-likeness (QED) is 0.895. The predicted octanol–water partition coefficient (Wildman–Crippen LogP) is 1.47. The number of nitrogens with zero attached hydrogens (tertiary/aromatic N) is 4. The van der Waals surface area contributed by atoms with E-state index in [1.54, 1.807) is 29.4 Å². The number of nitrogens with one attached hydrogen (secondary N) is 1. The van der Waals surface area contributed by atoms with Crippen molar-refractivity contribution in [2.75, 3.05) is 18.4 Å². The molecule has 0 aromatic carbocycles. The Hall–Kier alpha value is -2.74. The van der Waals surface area contributed by atoms with E-state index in [-0.39, 0.29) is 30.6 Å². The summed E-state index contributed by atoms with van der Waals surface area (Å²) < 4.78 is 7.18. The van der Waals surface area contributed by atoms with Crippen LogP contribution in [0.3, 0.4) is 0 Å². The number of anilines is 1. The number of pyridine rings is 1. The van der Waals surface area contributed by atoms with E-state index in [4.69, 9.17) is 4.74 Å². The van der Waals surface area contributed by atoms with Crippen molar-refractivity contribution >= 4 is 17.5 Å². The van der Waals surface area contributed by atoms with E-state index >= 15 is 0 Å². The number of hydrogen-bond acceptors (Lipinski definition) is 5. The Morgan fingerprint density at radius 2 is 2.04 bits per heavy atom. The van der Waals surface area contributed by atoms with Crippen LogP contribution in [0, 0.1) is 6.92 Å². The van der Waals surface area contributed by atoms with E-state index in [0.717, 1.165) is 5.69 Å². The lowest BCUT2D eigenvalue weighted by molar-refractivity contribution is -0.144. The SMILES string of the molecule is Cc1cc(C(=O)Nc2cnn(CC(=O)N3CC(C)OC(C)C3)c2)ccn1. The molecule has 3 rings (SSSR count). The van der Waals surface area contributed by atoms with Gasteiger partial charge in [-0.3, -0.25) is 19.3 Å². The summed E-state index contributed by atoms with van der Waals surface area (Å²) >= 11 is 0. The van der Waals surface area contributed by atoms with Gasteiger partial charge in [-0.15, -0.1) is 0 Å². The van der Waals surface area contributed by atoms with Crippen LogP contribution >= 0.6 is 0 Å². The molecule has 0 aliphatic carbocycles. The fraction of sp³-hybridized carbons (Fsp3) is 0.444. The number of aromatic nitrogens is 3. The standard InChI is InChI=1S/C18H23N5O3/c1-12-6-15(4-5-19-12)18(25)21-16-7-20-23(10-16)11-17(24)22-8-13(2)26-14(3)9-22/h4-7,10,13-14H,8-9,11H2,1-3H3,(H,21,25). The molecule has 2 aromatic heterocycles. The van der Waals surface area contributed by atoms with Crippen LogP contribution in [0.1, 0.15) is 29.9 Å². The van der Waals surface area contributed by atoms with Gasteiger partial charge in [0.15, 0.2) is 0 Å². The molecule has 3 heterocycles. The third-order valence-corrected chi connectivity index (χ3v) is 4.12. The highest BCUT2D eigenvalue weighted by Crippen LogP contribution is 2.13. The van der Waals surface area contributed by atoms with E-state index in [0.29, 0.717) is 24.3 Å². The van der Waals surface area contributed by atoms with Crippen LogP contribution in [0.15, 0.2) is 30.7 Å². The van der Waals surface area contributed by atoms with Crippen LogP contribution in [0.4, 0.5) is 5.69 Å². The maximum absolute atomic E-state index is 12.5. The minimum atomic E-state index is -0.239. The van der Waals surface area contributed by atoms with E-state index in [1.165, 1.54) is 10.9 Å². The van der Waals surface area contributed by atoms with Gasteiger partial charge in [0.25, 0.3) is 5.91 Å². The number of aryl methyl sites for hydroxylation is 1. The summed E-state index contributed by atoms with van der Waals surface area (Å²) in [5.41, 5.74) is 1.84. The fourth-order valence-electron chi connectivity index (χ4n) is 3.02. The summed E-state index contributed by atoms with van der Waals surface area (Å²) in [4.78, 5) is 30.6. The molecule has 1 fully saturated rings.